The van der Waals surface area contributed by atoms with E-state index in [1.54, 1.807) is 13.1 Å². The first-order valence-corrected chi connectivity index (χ1v) is 7.52. The minimum atomic E-state index is -0.359. The lowest BCUT2D eigenvalue weighted by Gasteiger charge is -2.32. The van der Waals surface area contributed by atoms with Gasteiger partial charge in [-0.3, -0.25) is 4.79 Å². The number of rotatable bonds is 3. The molecule has 0 aliphatic carbocycles. The van der Waals surface area contributed by atoms with Gasteiger partial charge in [-0.05, 0) is 51.7 Å². The summed E-state index contributed by atoms with van der Waals surface area (Å²) < 4.78 is 12.2. The molecule has 1 amide bonds. The van der Waals surface area contributed by atoms with Crippen LogP contribution >= 0.6 is 0 Å². The fraction of sp³-hybridized carbons (Fsp3) is 0.471. The molecule has 0 saturated carbocycles. The van der Waals surface area contributed by atoms with Crippen molar-refractivity contribution < 1.29 is 14.1 Å². The van der Waals surface area contributed by atoms with E-state index < -0.39 is 0 Å². The number of amides is 1. The zero-order valence-corrected chi connectivity index (χ0v) is 14.2. The Hall–Kier alpha value is -1.59. The molecule has 1 fully saturated rings. The Balaban J connectivity index is 2.21. The molecule has 4 nitrogen and oxygen atoms in total. The lowest BCUT2D eigenvalue weighted by Crippen LogP contribution is -2.41. The van der Waals surface area contributed by atoms with Gasteiger partial charge >= 0.3 is 7.12 Å². The minimum Gasteiger partial charge on any atom is -0.399 e. The number of hydrogen-bond acceptors (Lipinski definition) is 3. The van der Waals surface area contributed by atoms with Gasteiger partial charge in [0.25, 0.3) is 0 Å². The van der Waals surface area contributed by atoms with Crippen LogP contribution in [-0.4, -0.2) is 31.3 Å². The van der Waals surface area contributed by atoms with E-state index in [1.807, 2.05) is 52.8 Å². The van der Waals surface area contributed by atoms with Crippen molar-refractivity contribution in [2.45, 2.75) is 45.8 Å². The summed E-state index contributed by atoms with van der Waals surface area (Å²) in [6.45, 7) is 10.2. The normalized spacial score (nSPS) is 19.6. The van der Waals surface area contributed by atoms with Crippen LogP contribution in [0.2, 0.25) is 0 Å². The second kappa shape index (κ2) is 5.90. The van der Waals surface area contributed by atoms with Gasteiger partial charge in [0.05, 0.1) is 11.2 Å². The first-order valence-electron chi connectivity index (χ1n) is 7.52. The second-order valence-electron chi connectivity index (χ2n) is 6.65. The van der Waals surface area contributed by atoms with Crippen molar-refractivity contribution in [2.24, 2.45) is 0 Å². The fourth-order valence-corrected chi connectivity index (χ4v) is 2.29. The Morgan fingerprint density at radius 1 is 1.18 bits per heavy atom. The van der Waals surface area contributed by atoms with Crippen LogP contribution in [0.25, 0.3) is 6.08 Å². The van der Waals surface area contributed by atoms with Crippen molar-refractivity contribution in [1.82, 2.24) is 5.32 Å². The predicted molar refractivity (Wildman–Crippen MR) is 90.0 cm³/mol. The van der Waals surface area contributed by atoms with Gasteiger partial charge in [-0.1, -0.05) is 23.8 Å². The monoisotopic (exact) mass is 301 g/mol. The first-order chi connectivity index (χ1) is 10.2. The molecule has 1 saturated heterocycles. The molecule has 0 aromatic heterocycles. The van der Waals surface area contributed by atoms with E-state index in [1.165, 1.54) is 6.08 Å². The molecular formula is C17H24BNO3. The van der Waals surface area contributed by atoms with Gasteiger partial charge in [-0.15, -0.1) is 0 Å². The summed E-state index contributed by atoms with van der Waals surface area (Å²) >= 11 is 0. The number of hydrogen-bond donors (Lipinski definition) is 1. The van der Waals surface area contributed by atoms with Crippen molar-refractivity contribution >= 4 is 24.6 Å². The lowest BCUT2D eigenvalue weighted by molar-refractivity contribution is -0.115. The number of aryl methyl sites for hydroxylation is 1. The average Bonchev–Trinajstić information content (AvgIpc) is 2.64. The SMILES string of the molecule is CNC(=O)/C=C/c1ccc(B2OC(C)(C)C(C)(C)O2)c(C)c1. The van der Waals surface area contributed by atoms with Crippen LogP contribution in [0.15, 0.2) is 24.3 Å². The van der Waals surface area contributed by atoms with Gasteiger partial charge < -0.3 is 14.6 Å². The Kier molecular flexibility index (Phi) is 4.50. The van der Waals surface area contributed by atoms with E-state index in [2.05, 4.69) is 5.32 Å². The third kappa shape index (κ3) is 3.26. The largest absolute Gasteiger partial charge is 0.495 e. The summed E-state index contributed by atoms with van der Waals surface area (Å²) in [7, 11) is 1.25. The van der Waals surface area contributed by atoms with Crippen molar-refractivity contribution in [3.63, 3.8) is 0 Å². The Morgan fingerprint density at radius 3 is 2.27 bits per heavy atom. The van der Waals surface area contributed by atoms with Crippen LogP contribution in [0.3, 0.4) is 0 Å². The molecule has 1 aromatic rings. The maximum absolute atomic E-state index is 11.3. The summed E-state index contributed by atoms with van der Waals surface area (Å²) in [6.07, 6.45) is 3.31. The molecule has 1 aromatic carbocycles. The number of carbonyl (C=O) groups is 1. The molecule has 0 unspecified atom stereocenters. The van der Waals surface area contributed by atoms with E-state index in [0.29, 0.717) is 0 Å². The molecule has 0 radical (unpaired) electrons. The van der Waals surface area contributed by atoms with Crippen molar-refractivity contribution in [3.8, 4) is 0 Å². The van der Waals surface area contributed by atoms with E-state index >= 15 is 0 Å². The fourth-order valence-electron chi connectivity index (χ4n) is 2.29. The molecule has 118 valence electrons. The van der Waals surface area contributed by atoms with Gasteiger partial charge in [0, 0.05) is 13.1 Å². The van der Waals surface area contributed by atoms with Crippen LogP contribution in [0.4, 0.5) is 0 Å². The molecule has 1 aliphatic heterocycles. The smallest absolute Gasteiger partial charge is 0.399 e. The Labute approximate surface area is 133 Å². The number of nitrogens with one attached hydrogen (secondary N) is 1. The highest BCUT2D eigenvalue weighted by atomic mass is 16.7. The summed E-state index contributed by atoms with van der Waals surface area (Å²) in [5.41, 5.74) is 2.39. The third-order valence-corrected chi connectivity index (χ3v) is 4.47. The van der Waals surface area contributed by atoms with Gasteiger partial charge in [0.2, 0.25) is 5.91 Å². The topological polar surface area (TPSA) is 47.6 Å². The predicted octanol–water partition coefficient (Wildman–Crippen LogP) is 2.05. The standard InChI is InChI=1S/C17H24BNO3/c1-12-11-13(8-10-15(20)19-6)7-9-14(12)18-21-16(2,3)17(4,5)22-18/h7-11H,1-6H3,(H,19,20)/b10-8+. The van der Waals surface area contributed by atoms with Crippen molar-refractivity contribution in [1.29, 1.82) is 0 Å². The number of likely N-dealkylation sites (N-methyl/N-ethyl adjacent to an activating group) is 1. The van der Waals surface area contributed by atoms with E-state index in [4.69, 9.17) is 9.31 Å². The summed E-state index contributed by atoms with van der Waals surface area (Å²) in [6, 6.07) is 5.99. The quantitative estimate of drug-likeness (QED) is 0.686. The van der Waals surface area contributed by atoms with Crippen LogP contribution in [0.5, 0.6) is 0 Å². The van der Waals surface area contributed by atoms with Gasteiger partial charge in [-0.25, -0.2) is 0 Å². The van der Waals surface area contributed by atoms with Crippen LogP contribution in [0, 0.1) is 6.92 Å². The zero-order chi connectivity index (χ0) is 16.5. The molecule has 5 heteroatoms. The molecule has 1 heterocycles. The van der Waals surface area contributed by atoms with Gasteiger partial charge in [-0.2, -0.15) is 0 Å². The summed E-state index contributed by atoms with van der Waals surface area (Å²) in [4.78, 5) is 11.3. The van der Waals surface area contributed by atoms with Crippen LogP contribution in [0.1, 0.15) is 38.8 Å². The number of carbonyl (C=O) groups excluding carboxylic acids is 1. The zero-order valence-electron chi connectivity index (χ0n) is 14.2. The maximum Gasteiger partial charge on any atom is 0.495 e. The molecule has 2 rings (SSSR count). The minimum absolute atomic E-state index is 0.118. The van der Waals surface area contributed by atoms with Gasteiger partial charge in [0.1, 0.15) is 0 Å². The molecule has 1 N–H and O–H groups in total. The second-order valence-corrected chi connectivity index (χ2v) is 6.65. The maximum atomic E-state index is 11.3. The lowest BCUT2D eigenvalue weighted by atomic mass is 9.76. The van der Waals surface area contributed by atoms with Gasteiger partial charge in [0.15, 0.2) is 0 Å². The van der Waals surface area contributed by atoms with E-state index in [0.717, 1.165) is 16.6 Å². The molecule has 22 heavy (non-hydrogen) atoms. The highest BCUT2D eigenvalue weighted by Crippen LogP contribution is 2.36. The Bertz CT molecular complexity index is 592. The summed E-state index contributed by atoms with van der Waals surface area (Å²) in [5, 5.41) is 2.56. The Morgan fingerprint density at radius 2 is 1.77 bits per heavy atom. The molecular weight excluding hydrogens is 277 g/mol. The van der Waals surface area contributed by atoms with Crippen LogP contribution in [-0.2, 0) is 14.1 Å². The van der Waals surface area contributed by atoms with Crippen LogP contribution < -0.4 is 10.8 Å². The highest BCUT2D eigenvalue weighted by molar-refractivity contribution is 6.62. The third-order valence-electron chi connectivity index (χ3n) is 4.47. The van der Waals surface area contributed by atoms with E-state index in [9.17, 15) is 4.79 Å². The number of benzene rings is 1. The van der Waals surface area contributed by atoms with Crippen molar-refractivity contribution in [3.05, 3.63) is 35.4 Å². The highest BCUT2D eigenvalue weighted by Gasteiger charge is 2.51. The average molecular weight is 301 g/mol. The molecule has 0 atom stereocenters. The van der Waals surface area contributed by atoms with Crippen molar-refractivity contribution in [2.75, 3.05) is 7.05 Å². The summed E-state index contributed by atoms with van der Waals surface area (Å²) in [5.74, 6) is -0.118. The molecule has 1 aliphatic rings. The first kappa shape index (κ1) is 16.8. The molecule has 0 spiro atoms. The molecule has 0 bridgehead atoms. The van der Waals surface area contributed by atoms with E-state index in [-0.39, 0.29) is 24.2 Å².